The Kier molecular flexibility index (Phi) is 6.35. The van der Waals surface area contributed by atoms with Crippen molar-refractivity contribution in [2.45, 2.75) is 36.6 Å². The van der Waals surface area contributed by atoms with Crippen molar-refractivity contribution in [1.29, 1.82) is 0 Å². The number of carbonyl (C=O) groups is 1. The zero-order valence-electron chi connectivity index (χ0n) is 13.5. The number of pyridine rings is 1. The molecule has 0 spiro atoms. The zero-order valence-corrected chi connectivity index (χ0v) is 15.1. The van der Waals surface area contributed by atoms with E-state index in [1.54, 1.807) is 6.07 Å². The van der Waals surface area contributed by atoms with Crippen LogP contribution in [0.5, 0.6) is 0 Å². The van der Waals surface area contributed by atoms with Gasteiger partial charge in [-0.3, -0.25) is 4.79 Å². The maximum atomic E-state index is 13.4. The first-order valence-corrected chi connectivity index (χ1v) is 8.78. The summed E-state index contributed by atoms with van der Waals surface area (Å²) in [6.07, 6.45) is -2.36. The van der Waals surface area contributed by atoms with Gasteiger partial charge in [0.15, 0.2) is 0 Å². The summed E-state index contributed by atoms with van der Waals surface area (Å²) >= 11 is 7.17. The largest absolute Gasteiger partial charge is 0.418 e. The Balaban J connectivity index is 2.34. The number of benzene rings is 1. The van der Waals surface area contributed by atoms with E-state index < -0.39 is 17.6 Å². The van der Waals surface area contributed by atoms with Crippen LogP contribution >= 0.6 is 23.4 Å². The highest BCUT2D eigenvalue weighted by atomic mass is 35.5. The minimum atomic E-state index is -4.59. The van der Waals surface area contributed by atoms with Gasteiger partial charge in [0, 0.05) is 16.3 Å². The second-order valence-electron chi connectivity index (χ2n) is 5.34. The summed E-state index contributed by atoms with van der Waals surface area (Å²) < 4.78 is 40.1. The second-order valence-corrected chi connectivity index (χ2v) is 7.21. The first-order chi connectivity index (χ1) is 11.7. The van der Waals surface area contributed by atoms with Crippen LogP contribution in [-0.4, -0.2) is 16.1 Å². The van der Waals surface area contributed by atoms with Gasteiger partial charge in [-0.15, -0.1) is 11.8 Å². The van der Waals surface area contributed by atoms with E-state index in [0.29, 0.717) is 4.90 Å². The SMILES string of the molecule is CCC(C)Sc1ccc(NC(=O)c2cccnc2Cl)c(C(F)(F)F)c1. The van der Waals surface area contributed by atoms with Crippen molar-refractivity contribution in [3.8, 4) is 0 Å². The van der Waals surface area contributed by atoms with E-state index in [-0.39, 0.29) is 21.7 Å². The van der Waals surface area contributed by atoms with Gasteiger partial charge in [0.2, 0.25) is 0 Å². The molecule has 0 fully saturated rings. The number of halogens is 4. The van der Waals surface area contributed by atoms with Gasteiger partial charge in [-0.25, -0.2) is 4.98 Å². The van der Waals surface area contributed by atoms with Crippen LogP contribution in [0.2, 0.25) is 5.15 Å². The molecule has 1 heterocycles. The number of nitrogens with zero attached hydrogens (tertiary/aromatic N) is 1. The van der Waals surface area contributed by atoms with Crippen LogP contribution in [0.15, 0.2) is 41.4 Å². The first-order valence-electron chi connectivity index (χ1n) is 7.52. The number of hydrogen-bond donors (Lipinski definition) is 1. The predicted molar refractivity (Wildman–Crippen MR) is 94.3 cm³/mol. The molecule has 1 unspecified atom stereocenters. The quantitative estimate of drug-likeness (QED) is 0.512. The summed E-state index contributed by atoms with van der Waals surface area (Å²) in [5.74, 6) is -0.745. The van der Waals surface area contributed by atoms with E-state index in [9.17, 15) is 18.0 Å². The maximum absolute atomic E-state index is 13.4. The Morgan fingerprint density at radius 1 is 1.36 bits per heavy atom. The summed E-state index contributed by atoms with van der Waals surface area (Å²) in [4.78, 5) is 16.5. The normalized spacial score (nSPS) is 12.7. The van der Waals surface area contributed by atoms with Crippen LogP contribution in [0.4, 0.5) is 18.9 Å². The summed E-state index contributed by atoms with van der Waals surface area (Å²) in [7, 11) is 0. The molecule has 1 aromatic carbocycles. The topological polar surface area (TPSA) is 42.0 Å². The van der Waals surface area contributed by atoms with Gasteiger partial charge in [-0.1, -0.05) is 25.4 Å². The molecule has 1 N–H and O–H groups in total. The van der Waals surface area contributed by atoms with Gasteiger partial charge in [0.05, 0.1) is 16.8 Å². The lowest BCUT2D eigenvalue weighted by atomic mass is 10.1. The molecule has 0 aliphatic heterocycles. The average molecular weight is 389 g/mol. The highest BCUT2D eigenvalue weighted by Crippen LogP contribution is 2.38. The fourth-order valence-electron chi connectivity index (χ4n) is 2.00. The van der Waals surface area contributed by atoms with Crippen molar-refractivity contribution in [3.05, 3.63) is 52.8 Å². The van der Waals surface area contributed by atoms with Crippen molar-refractivity contribution in [3.63, 3.8) is 0 Å². The third-order valence-electron chi connectivity index (χ3n) is 3.46. The van der Waals surface area contributed by atoms with E-state index in [2.05, 4.69) is 10.3 Å². The number of anilines is 1. The van der Waals surface area contributed by atoms with Crippen molar-refractivity contribution in [1.82, 2.24) is 4.98 Å². The number of aromatic nitrogens is 1. The van der Waals surface area contributed by atoms with Gasteiger partial charge >= 0.3 is 6.18 Å². The van der Waals surface area contributed by atoms with Crippen LogP contribution in [0.1, 0.15) is 36.2 Å². The van der Waals surface area contributed by atoms with E-state index in [0.717, 1.165) is 12.5 Å². The summed E-state index contributed by atoms with van der Waals surface area (Å²) in [6.45, 7) is 3.91. The molecule has 134 valence electrons. The number of hydrogen-bond acceptors (Lipinski definition) is 3. The van der Waals surface area contributed by atoms with Crippen LogP contribution in [0.25, 0.3) is 0 Å². The summed E-state index contributed by atoms with van der Waals surface area (Å²) in [6, 6.07) is 6.75. The van der Waals surface area contributed by atoms with Crippen LogP contribution in [0.3, 0.4) is 0 Å². The third-order valence-corrected chi connectivity index (χ3v) is 5.02. The smallest absolute Gasteiger partial charge is 0.321 e. The van der Waals surface area contributed by atoms with Gasteiger partial charge < -0.3 is 5.32 Å². The van der Waals surface area contributed by atoms with Crippen molar-refractivity contribution >= 4 is 35.0 Å². The number of alkyl halides is 3. The third kappa shape index (κ3) is 5.12. The lowest BCUT2D eigenvalue weighted by Crippen LogP contribution is -2.17. The van der Waals surface area contributed by atoms with Gasteiger partial charge in [-0.2, -0.15) is 13.2 Å². The molecular formula is C17H16ClF3N2OS. The number of carbonyl (C=O) groups excluding carboxylic acids is 1. The van der Waals surface area contributed by atoms with E-state index in [1.807, 2.05) is 13.8 Å². The standard InChI is InChI=1S/C17H16ClF3N2OS/c1-3-10(2)25-11-6-7-14(13(9-11)17(19,20)21)23-16(24)12-5-4-8-22-15(12)18/h4-10H,3H2,1-2H3,(H,23,24). The lowest BCUT2D eigenvalue weighted by molar-refractivity contribution is -0.137. The first kappa shape index (κ1) is 19.6. The molecule has 2 aromatic rings. The second kappa shape index (κ2) is 8.10. The molecule has 0 saturated heterocycles. The van der Waals surface area contributed by atoms with E-state index in [4.69, 9.17) is 11.6 Å². The van der Waals surface area contributed by atoms with Crippen LogP contribution < -0.4 is 5.32 Å². The number of amides is 1. The van der Waals surface area contributed by atoms with Crippen LogP contribution in [0, 0.1) is 0 Å². The molecule has 0 aliphatic carbocycles. The Morgan fingerprint density at radius 3 is 2.68 bits per heavy atom. The molecule has 0 saturated carbocycles. The molecule has 25 heavy (non-hydrogen) atoms. The molecule has 8 heteroatoms. The lowest BCUT2D eigenvalue weighted by Gasteiger charge is -2.16. The van der Waals surface area contributed by atoms with E-state index >= 15 is 0 Å². The fourth-order valence-corrected chi connectivity index (χ4v) is 3.17. The Bertz CT molecular complexity index is 768. The molecule has 0 radical (unpaired) electrons. The zero-order chi connectivity index (χ0) is 18.6. The Hall–Kier alpha value is -1.73. The van der Waals surface area contributed by atoms with Gasteiger partial charge in [0.1, 0.15) is 5.15 Å². The number of rotatable bonds is 5. The van der Waals surface area contributed by atoms with Crippen molar-refractivity contribution in [2.24, 2.45) is 0 Å². The molecule has 1 atom stereocenters. The molecule has 1 aromatic heterocycles. The van der Waals surface area contributed by atoms with Crippen molar-refractivity contribution in [2.75, 3.05) is 5.32 Å². The highest BCUT2D eigenvalue weighted by molar-refractivity contribution is 7.99. The van der Waals surface area contributed by atoms with Gasteiger partial charge in [-0.05, 0) is 36.8 Å². The molecule has 0 aliphatic rings. The van der Waals surface area contributed by atoms with E-state index in [1.165, 1.54) is 36.2 Å². The molecular weight excluding hydrogens is 373 g/mol. The number of nitrogens with one attached hydrogen (secondary N) is 1. The van der Waals surface area contributed by atoms with Crippen molar-refractivity contribution < 1.29 is 18.0 Å². The maximum Gasteiger partial charge on any atom is 0.418 e. The average Bonchev–Trinajstić information content (AvgIpc) is 2.55. The molecule has 2 rings (SSSR count). The minimum absolute atomic E-state index is 0.00958. The predicted octanol–water partition coefficient (Wildman–Crippen LogP) is 5.90. The summed E-state index contributed by atoms with van der Waals surface area (Å²) in [5, 5.41) is 2.39. The summed E-state index contributed by atoms with van der Waals surface area (Å²) in [5.41, 5.74) is -1.20. The highest BCUT2D eigenvalue weighted by Gasteiger charge is 2.34. The monoisotopic (exact) mass is 388 g/mol. The molecule has 3 nitrogen and oxygen atoms in total. The number of thioether (sulfide) groups is 1. The van der Waals surface area contributed by atoms with Gasteiger partial charge in [0.25, 0.3) is 5.91 Å². The molecule has 0 bridgehead atoms. The Labute approximate surface area is 153 Å². The molecule has 1 amide bonds. The fraction of sp³-hybridized carbons (Fsp3) is 0.294. The Morgan fingerprint density at radius 2 is 2.08 bits per heavy atom. The minimum Gasteiger partial charge on any atom is -0.321 e. The van der Waals surface area contributed by atoms with Crippen LogP contribution in [-0.2, 0) is 6.18 Å².